The van der Waals surface area contributed by atoms with E-state index in [1.807, 2.05) is 0 Å². The van der Waals surface area contributed by atoms with Crippen LogP contribution >= 0.6 is 22.7 Å². The number of thiophene rings is 2. The molecule has 4 rings (SSSR count). The number of sulfonamides is 1. The summed E-state index contributed by atoms with van der Waals surface area (Å²) in [6.07, 6.45) is 2.43. The Kier molecular flexibility index (Phi) is 8.30. The molecule has 0 saturated carbocycles. The number of rotatable bonds is 9. The first-order chi connectivity index (χ1) is 17.7. The lowest BCUT2D eigenvalue weighted by Crippen LogP contribution is -2.30. The van der Waals surface area contributed by atoms with Gasteiger partial charge in [-0.25, -0.2) is 18.0 Å². The van der Waals surface area contributed by atoms with Crippen molar-refractivity contribution in [2.24, 2.45) is 0 Å². The van der Waals surface area contributed by atoms with Crippen molar-refractivity contribution in [1.29, 1.82) is 0 Å². The van der Waals surface area contributed by atoms with Crippen LogP contribution in [0.1, 0.15) is 57.8 Å². The van der Waals surface area contributed by atoms with E-state index >= 15 is 0 Å². The zero-order valence-corrected chi connectivity index (χ0v) is 22.7. The highest BCUT2D eigenvalue weighted by atomic mass is 32.2. The van der Waals surface area contributed by atoms with E-state index in [9.17, 15) is 22.8 Å². The van der Waals surface area contributed by atoms with Crippen LogP contribution in [-0.2, 0) is 37.1 Å². The maximum Gasteiger partial charge on any atom is 0.341 e. The predicted molar refractivity (Wildman–Crippen MR) is 142 cm³/mol. The van der Waals surface area contributed by atoms with Crippen molar-refractivity contribution >= 4 is 61.2 Å². The summed E-state index contributed by atoms with van der Waals surface area (Å²) in [7, 11) is -3.71. The van der Waals surface area contributed by atoms with Gasteiger partial charge in [0, 0.05) is 10.6 Å². The maximum atomic E-state index is 12.8. The molecule has 196 valence electrons. The Bertz CT molecular complexity index is 1390. The molecule has 0 saturated heterocycles. The molecule has 37 heavy (non-hydrogen) atoms. The number of ether oxygens (including phenoxy) is 2. The topological polar surface area (TPSA) is 128 Å². The summed E-state index contributed by atoms with van der Waals surface area (Å²) in [4.78, 5) is 39.1. The van der Waals surface area contributed by atoms with Crippen LogP contribution in [-0.4, -0.2) is 39.0 Å². The molecular formula is C25H26N2O7S3. The van der Waals surface area contributed by atoms with Crippen LogP contribution in [0.2, 0.25) is 0 Å². The molecule has 0 unspecified atom stereocenters. The standard InChI is InChI=1S/C25H26N2O7S3/c1-3-33-25(30)21-18-7-4-5-8-19(18)36-23(21)26-22(28)15(2)34-24(29)16-10-12-17(13-11-16)27-37(31,32)20-9-6-14-35-20/h6,9-15,27H,3-5,7-8H2,1-2H3,(H,26,28)/t15-/m1/s1. The van der Waals surface area contributed by atoms with Crippen LogP contribution < -0.4 is 10.0 Å². The van der Waals surface area contributed by atoms with Gasteiger partial charge in [0.1, 0.15) is 9.21 Å². The summed E-state index contributed by atoms with van der Waals surface area (Å²) in [5, 5.41) is 4.80. The number of hydrogen-bond acceptors (Lipinski definition) is 9. The van der Waals surface area contributed by atoms with E-state index in [1.165, 1.54) is 48.6 Å². The van der Waals surface area contributed by atoms with Crippen LogP contribution in [0.3, 0.4) is 0 Å². The molecule has 0 spiro atoms. The predicted octanol–water partition coefficient (Wildman–Crippen LogP) is 4.85. The second kappa shape index (κ2) is 11.4. The second-order valence-corrected chi connectivity index (χ2v) is 12.2. The van der Waals surface area contributed by atoms with Gasteiger partial charge in [-0.2, -0.15) is 0 Å². The first kappa shape index (κ1) is 26.8. The van der Waals surface area contributed by atoms with Crippen molar-refractivity contribution in [2.75, 3.05) is 16.6 Å². The monoisotopic (exact) mass is 562 g/mol. The van der Waals surface area contributed by atoms with E-state index in [0.29, 0.717) is 10.6 Å². The van der Waals surface area contributed by atoms with Crippen LogP contribution in [0.25, 0.3) is 0 Å². The van der Waals surface area contributed by atoms with Gasteiger partial charge in [-0.05, 0) is 80.8 Å². The van der Waals surface area contributed by atoms with Gasteiger partial charge in [-0.15, -0.1) is 22.7 Å². The zero-order chi connectivity index (χ0) is 26.6. The normalized spacial score (nSPS) is 13.8. The molecule has 12 heteroatoms. The van der Waals surface area contributed by atoms with Crippen molar-refractivity contribution in [3.63, 3.8) is 0 Å². The molecule has 0 fully saturated rings. The van der Waals surface area contributed by atoms with E-state index in [-0.39, 0.29) is 22.1 Å². The van der Waals surface area contributed by atoms with Crippen LogP contribution in [0.4, 0.5) is 10.7 Å². The summed E-state index contributed by atoms with van der Waals surface area (Å²) >= 11 is 2.45. The first-order valence-corrected chi connectivity index (χ1v) is 14.9. The molecule has 3 aromatic rings. The zero-order valence-electron chi connectivity index (χ0n) is 20.2. The summed E-state index contributed by atoms with van der Waals surface area (Å²) in [6.45, 7) is 3.38. The highest BCUT2D eigenvalue weighted by molar-refractivity contribution is 7.94. The number of fused-ring (bicyclic) bond motifs is 1. The highest BCUT2D eigenvalue weighted by Crippen LogP contribution is 2.38. The van der Waals surface area contributed by atoms with Crippen LogP contribution in [0.15, 0.2) is 46.0 Å². The molecule has 0 aliphatic heterocycles. The number of hydrogen-bond donors (Lipinski definition) is 2. The van der Waals surface area contributed by atoms with Gasteiger partial charge in [0.2, 0.25) is 0 Å². The van der Waals surface area contributed by atoms with E-state index in [0.717, 1.165) is 47.5 Å². The molecule has 1 atom stereocenters. The van der Waals surface area contributed by atoms with Crippen molar-refractivity contribution in [3.05, 3.63) is 63.3 Å². The SMILES string of the molecule is CCOC(=O)c1c(NC(=O)[C@@H](C)OC(=O)c2ccc(NS(=O)(=O)c3cccs3)cc2)sc2c1CCCC2. The molecule has 9 nitrogen and oxygen atoms in total. The number of amides is 1. The lowest BCUT2D eigenvalue weighted by Gasteiger charge is -2.14. The van der Waals surface area contributed by atoms with Gasteiger partial charge >= 0.3 is 11.9 Å². The number of carbonyl (C=O) groups excluding carboxylic acids is 3. The molecule has 2 N–H and O–H groups in total. The summed E-state index contributed by atoms with van der Waals surface area (Å²) in [5.74, 6) is -1.79. The molecule has 1 amide bonds. The summed E-state index contributed by atoms with van der Waals surface area (Å²) in [5.41, 5.74) is 1.74. The molecule has 2 aromatic heterocycles. The lowest BCUT2D eigenvalue weighted by molar-refractivity contribution is -0.123. The third-order valence-electron chi connectivity index (χ3n) is 5.67. The Morgan fingerprint density at radius 1 is 1.05 bits per heavy atom. The Morgan fingerprint density at radius 3 is 2.46 bits per heavy atom. The fourth-order valence-corrected chi connectivity index (χ4v) is 7.20. The van der Waals surface area contributed by atoms with E-state index in [4.69, 9.17) is 9.47 Å². The smallest absolute Gasteiger partial charge is 0.341 e. The van der Waals surface area contributed by atoms with Gasteiger partial charge in [0.05, 0.1) is 17.7 Å². The average Bonchev–Trinajstić information content (AvgIpc) is 3.53. The fourth-order valence-electron chi connectivity index (χ4n) is 3.86. The quantitative estimate of drug-likeness (QED) is 0.357. The van der Waals surface area contributed by atoms with E-state index in [1.54, 1.807) is 18.4 Å². The fraction of sp³-hybridized carbons (Fsp3) is 0.320. The number of anilines is 2. The van der Waals surface area contributed by atoms with Gasteiger partial charge in [0.25, 0.3) is 15.9 Å². The third kappa shape index (κ3) is 6.20. The largest absolute Gasteiger partial charge is 0.462 e. The van der Waals surface area contributed by atoms with Gasteiger partial charge in [-0.3, -0.25) is 9.52 Å². The van der Waals surface area contributed by atoms with Crippen molar-refractivity contribution in [1.82, 2.24) is 0 Å². The van der Waals surface area contributed by atoms with Crippen molar-refractivity contribution < 1.29 is 32.3 Å². The molecule has 1 aromatic carbocycles. The molecular weight excluding hydrogens is 536 g/mol. The Hall–Kier alpha value is -3.22. The summed E-state index contributed by atoms with van der Waals surface area (Å²) < 4.78 is 37.9. The molecule has 1 aliphatic rings. The Morgan fingerprint density at radius 2 is 1.78 bits per heavy atom. The van der Waals surface area contributed by atoms with Gasteiger partial charge < -0.3 is 14.8 Å². The second-order valence-electron chi connectivity index (χ2n) is 8.29. The molecule has 0 radical (unpaired) electrons. The number of esters is 2. The first-order valence-electron chi connectivity index (χ1n) is 11.7. The average molecular weight is 563 g/mol. The molecule has 0 bridgehead atoms. The maximum absolute atomic E-state index is 12.8. The third-order valence-corrected chi connectivity index (χ3v) is 9.66. The van der Waals surface area contributed by atoms with Crippen LogP contribution in [0.5, 0.6) is 0 Å². The lowest BCUT2D eigenvalue weighted by atomic mass is 9.95. The number of aryl methyl sites for hydroxylation is 1. The summed E-state index contributed by atoms with van der Waals surface area (Å²) in [6, 6.07) is 8.83. The number of nitrogens with one attached hydrogen (secondary N) is 2. The van der Waals surface area contributed by atoms with Crippen molar-refractivity contribution in [2.45, 2.75) is 49.8 Å². The Balaban J connectivity index is 1.40. The Labute approximate surface area is 222 Å². The minimum atomic E-state index is -3.71. The minimum Gasteiger partial charge on any atom is -0.462 e. The van der Waals surface area contributed by atoms with E-state index in [2.05, 4.69) is 10.0 Å². The number of carbonyl (C=O) groups is 3. The van der Waals surface area contributed by atoms with Gasteiger partial charge in [0.15, 0.2) is 6.10 Å². The molecule has 1 aliphatic carbocycles. The highest BCUT2D eigenvalue weighted by Gasteiger charge is 2.29. The minimum absolute atomic E-state index is 0.150. The van der Waals surface area contributed by atoms with Crippen molar-refractivity contribution in [3.8, 4) is 0 Å². The van der Waals surface area contributed by atoms with E-state index < -0.39 is 34.0 Å². The van der Waals surface area contributed by atoms with Crippen LogP contribution in [0, 0.1) is 0 Å². The van der Waals surface area contributed by atoms with Gasteiger partial charge in [-0.1, -0.05) is 6.07 Å². The number of benzene rings is 1. The molecule has 2 heterocycles.